The molecular formula is C19H20N2O3. The molecule has 2 rings (SSSR count). The van der Waals surface area contributed by atoms with Crippen molar-refractivity contribution in [2.24, 2.45) is 5.10 Å². The predicted octanol–water partition coefficient (Wildman–Crippen LogP) is 2.84. The maximum atomic E-state index is 5.37. The summed E-state index contributed by atoms with van der Waals surface area (Å²) in [6.45, 7) is 0.822. The van der Waals surface area contributed by atoms with Crippen LogP contribution in [0.3, 0.4) is 0 Å². The highest BCUT2D eigenvalue weighted by Gasteiger charge is 2.03. The van der Waals surface area contributed by atoms with E-state index in [1.807, 2.05) is 42.5 Å². The van der Waals surface area contributed by atoms with Gasteiger partial charge in [-0.15, -0.1) is 6.42 Å². The molecule has 0 bridgehead atoms. The first-order valence-corrected chi connectivity index (χ1v) is 7.40. The SMILES string of the molecule is C#CCOc1cccc(/C=N\NCc2ccc(OC)c(OC)c2)c1. The van der Waals surface area contributed by atoms with Gasteiger partial charge in [-0.1, -0.05) is 24.1 Å². The number of benzene rings is 2. The predicted molar refractivity (Wildman–Crippen MR) is 94.7 cm³/mol. The average molecular weight is 324 g/mol. The summed E-state index contributed by atoms with van der Waals surface area (Å²) in [5, 5.41) is 4.21. The highest BCUT2D eigenvalue weighted by atomic mass is 16.5. The van der Waals surface area contributed by atoms with Gasteiger partial charge in [0.15, 0.2) is 11.5 Å². The largest absolute Gasteiger partial charge is 0.493 e. The van der Waals surface area contributed by atoms with E-state index in [9.17, 15) is 0 Å². The number of hydrazone groups is 1. The zero-order valence-electron chi connectivity index (χ0n) is 13.8. The fraction of sp³-hybridized carbons (Fsp3) is 0.211. The molecule has 5 heteroatoms. The molecule has 0 unspecified atom stereocenters. The van der Waals surface area contributed by atoms with Gasteiger partial charge in [0.2, 0.25) is 0 Å². The van der Waals surface area contributed by atoms with Gasteiger partial charge in [0, 0.05) is 0 Å². The third kappa shape index (κ3) is 4.96. The lowest BCUT2D eigenvalue weighted by Gasteiger charge is -2.09. The molecule has 124 valence electrons. The molecule has 2 aromatic carbocycles. The van der Waals surface area contributed by atoms with Crippen molar-refractivity contribution in [3.8, 4) is 29.6 Å². The van der Waals surface area contributed by atoms with Crippen molar-refractivity contribution in [3.05, 3.63) is 53.6 Å². The fourth-order valence-corrected chi connectivity index (χ4v) is 2.06. The lowest BCUT2D eigenvalue weighted by molar-refractivity contribution is 0.354. The highest BCUT2D eigenvalue weighted by Crippen LogP contribution is 2.27. The van der Waals surface area contributed by atoms with Crippen LogP contribution in [0.2, 0.25) is 0 Å². The van der Waals surface area contributed by atoms with Gasteiger partial charge in [0.1, 0.15) is 12.4 Å². The van der Waals surface area contributed by atoms with E-state index in [-0.39, 0.29) is 6.61 Å². The smallest absolute Gasteiger partial charge is 0.161 e. The lowest BCUT2D eigenvalue weighted by atomic mass is 10.2. The van der Waals surface area contributed by atoms with E-state index in [2.05, 4.69) is 16.4 Å². The topological polar surface area (TPSA) is 52.1 Å². The van der Waals surface area contributed by atoms with E-state index in [4.69, 9.17) is 20.6 Å². The molecule has 2 aromatic rings. The summed E-state index contributed by atoms with van der Waals surface area (Å²) in [7, 11) is 3.23. The summed E-state index contributed by atoms with van der Waals surface area (Å²) in [5.41, 5.74) is 4.96. The van der Waals surface area contributed by atoms with Gasteiger partial charge in [-0.3, -0.25) is 0 Å². The second-order valence-electron chi connectivity index (χ2n) is 4.85. The summed E-state index contributed by atoms with van der Waals surface area (Å²) in [6.07, 6.45) is 6.90. The lowest BCUT2D eigenvalue weighted by Crippen LogP contribution is -2.06. The van der Waals surface area contributed by atoms with Crippen LogP contribution in [0.15, 0.2) is 47.6 Å². The van der Waals surface area contributed by atoms with Gasteiger partial charge < -0.3 is 19.6 Å². The molecule has 0 saturated carbocycles. The van der Waals surface area contributed by atoms with Gasteiger partial charge in [-0.25, -0.2) is 0 Å². The van der Waals surface area contributed by atoms with Crippen LogP contribution in [0, 0.1) is 12.3 Å². The van der Waals surface area contributed by atoms with Crippen molar-refractivity contribution in [3.63, 3.8) is 0 Å². The number of terminal acetylenes is 1. The Bertz CT molecular complexity index is 736. The van der Waals surface area contributed by atoms with E-state index in [0.717, 1.165) is 16.9 Å². The number of hydrogen-bond donors (Lipinski definition) is 1. The molecule has 24 heavy (non-hydrogen) atoms. The van der Waals surface area contributed by atoms with E-state index >= 15 is 0 Å². The van der Waals surface area contributed by atoms with E-state index < -0.39 is 0 Å². The maximum Gasteiger partial charge on any atom is 0.161 e. The summed E-state index contributed by atoms with van der Waals surface area (Å²) in [5.74, 6) is 4.55. The van der Waals surface area contributed by atoms with Gasteiger partial charge in [-0.2, -0.15) is 5.10 Å². The minimum absolute atomic E-state index is 0.248. The Morgan fingerprint density at radius 2 is 1.96 bits per heavy atom. The minimum atomic E-state index is 0.248. The van der Waals surface area contributed by atoms with Crippen molar-refractivity contribution in [1.82, 2.24) is 5.43 Å². The summed E-state index contributed by atoms with van der Waals surface area (Å²) in [6, 6.07) is 13.3. The third-order valence-electron chi connectivity index (χ3n) is 3.22. The first-order chi connectivity index (χ1) is 11.8. The molecule has 0 aliphatic carbocycles. The molecule has 1 N–H and O–H groups in total. The van der Waals surface area contributed by atoms with Crippen LogP contribution in [0.1, 0.15) is 11.1 Å². The number of methoxy groups -OCH3 is 2. The van der Waals surface area contributed by atoms with Crippen molar-refractivity contribution in [1.29, 1.82) is 0 Å². The standard InChI is InChI=1S/C19H20N2O3/c1-4-10-24-17-7-5-6-15(11-17)13-20-21-14-16-8-9-18(22-2)19(12-16)23-3/h1,5-9,11-13,21H,10,14H2,2-3H3/b20-13-. The maximum absolute atomic E-state index is 5.37. The molecule has 5 nitrogen and oxygen atoms in total. The number of nitrogens with one attached hydrogen (secondary N) is 1. The van der Waals surface area contributed by atoms with Crippen molar-refractivity contribution >= 4 is 6.21 Å². The molecule has 0 radical (unpaired) electrons. The number of ether oxygens (including phenoxy) is 3. The summed E-state index contributed by atoms with van der Waals surface area (Å²) < 4.78 is 15.9. The normalized spacial score (nSPS) is 10.2. The Kier molecular flexibility index (Phi) is 6.54. The molecule has 0 saturated heterocycles. The summed E-state index contributed by atoms with van der Waals surface area (Å²) >= 11 is 0. The number of nitrogens with zero attached hydrogens (tertiary/aromatic N) is 1. The molecule has 0 amide bonds. The molecule has 0 aliphatic rings. The minimum Gasteiger partial charge on any atom is -0.493 e. The number of rotatable bonds is 8. The molecule has 0 fully saturated rings. The van der Waals surface area contributed by atoms with Crippen molar-refractivity contribution in [2.45, 2.75) is 6.54 Å². The van der Waals surface area contributed by atoms with Crippen molar-refractivity contribution in [2.75, 3.05) is 20.8 Å². The summed E-state index contributed by atoms with van der Waals surface area (Å²) in [4.78, 5) is 0. The fourth-order valence-electron chi connectivity index (χ4n) is 2.06. The van der Waals surface area contributed by atoms with Crippen LogP contribution in [-0.2, 0) is 6.54 Å². The monoisotopic (exact) mass is 324 g/mol. The molecule has 0 aliphatic heterocycles. The van der Waals surface area contributed by atoms with Gasteiger partial charge >= 0.3 is 0 Å². The van der Waals surface area contributed by atoms with E-state index in [1.54, 1.807) is 20.4 Å². The first-order valence-electron chi connectivity index (χ1n) is 7.40. The number of hydrogen-bond acceptors (Lipinski definition) is 5. The van der Waals surface area contributed by atoms with Crippen molar-refractivity contribution < 1.29 is 14.2 Å². The zero-order chi connectivity index (χ0) is 17.2. The van der Waals surface area contributed by atoms with Crippen LogP contribution in [0.4, 0.5) is 0 Å². The molecule has 0 spiro atoms. The van der Waals surface area contributed by atoms with Gasteiger partial charge in [0.25, 0.3) is 0 Å². The van der Waals surface area contributed by atoms with Crippen LogP contribution in [-0.4, -0.2) is 27.0 Å². The molecule has 0 heterocycles. The Morgan fingerprint density at radius 1 is 1.12 bits per heavy atom. The first kappa shape index (κ1) is 17.2. The van der Waals surface area contributed by atoms with Crippen LogP contribution in [0.25, 0.3) is 0 Å². The van der Waals surface area contributed by atoms with Gasteiger partial charge in [-0.05, 0) is 35.4 Å². The quantitative estimate of drug-likeness (QED) is 0.461. The molecule has 0 aromatic heterocycles. The molecule has 0 atom stereocenters. The van der Waals surface area contributed by atoms with E-state index in [1.165, 1.54) is 0 Å². The van der Waals surface area contributed by atoms with Crippen LogP contribution >= 0.6 is 0 Å². The Hall–Kier alpha value is -3.13. The van der Waals surface area contributed by atoms with Gasteiger partial charge in [0.05, 0.1) is 27.0 Å². The zero-order valence-corrected chi connectivity index (χ0v) is 13.8. The van der Waals surface area contributed by atoms with E-state index in [0.29, 0.717) is 18.0 Å². The average Bonchev–Trinajstić information content (AvgIpc) is 2.63. The van der Waals surface area contributed by atoms with Crippen LogP contribution < -0.4 is 19.6 Å². The Labute approximate surface area is 142 Å². The highest BCUT2D eigenvalue weighted by molar-refractivity contribution is 5.79. The Balaban J connectivity index is 1.92. The second kappa shape index (κ2) is 9.11. The Morgan fingerprint density at radius 3 is 2.71 bits per heavy atom. The van der Waals surface area contributed by atoms with Crippen LogP contribution in [0.5, 0.6) is 17.2 Å². The third-order valence-corrected chi connectivity index (χ3v) is 3.22. The second-order valence-corrected chi connectivity index (χ2v) is 4.85. The molecular weight excluding hydrogens is 304 g/mol.